The zero-order chi connectivity index (χ0) is 8.27. The Morgan fingerprint density at radius 3 is 2.64 bits per heavy atom. The van der Waals surface area contributed by atoms with E-state index in [1.165, 1.54) is 32.5 Å². The van der Waals surface area contributed by atoms with E-state index in [4.69, 9.17) is 0 Å². The first kappa shape index (κ1) is 9.01. The van der Waals surface area contributed by atoms with Crippen LogP contribution < -0.4 is 0 Å². The van der Waals surface area contributed by atoms with Crippen LogP contribution in [0.3, 0.4) is 0 Å². The Bertz CT molecular complexity index is 114. The Morgan fingerprint density at radius 1 is 1.27 bits per heavy atom. The smallest absolute Gasteiger partial charge is 0.0217 e. The molecular formula is C9H20N2. The van der Waals surface area contributed by atoms with E-state index in [0.29, 0.717) is 0 Å². The zero-order valence-corrected chi connectivity index (χ0v) is 8.01. The van der Waals surface area contributed by atoms with Crippen molar-refractivity contribution in [1.29, 1.82) is 0 Å². The maximum atomic E-state index is 2.49. The van der Waals surface area contributed by atoms with E-state index in [-0.39, 0.29) is 0 Å². The first-order valence-corrected chi connectivity index (χ1v) is 4.62. The molecule has 0 aromatic carbocycles. The van der Waals surface area contributed by atoms with E-state index in [1.807, 2.05) is 0 Å². The lowest BCUT2D eigenvalue weighted by Crippen LogP contribution is -2.36. The van der Waals surface area contributed by atoms with Crippen LogP contribution in [0.1, 0.15) is 19.8 Å². The quantitative estimate of drug-likeness (QED) is 0.559. The van der Waals surface area contributed by atoms with Crippen molar-refractivity contribution in [2.45, 2.75) is 25.8 Å². The molecule has 1 aliphatic rings. The Kier molecular flexibility index (Phi) is 3.34. The summed E-state index contributed by atoms with van der Waals surface area (Å²) in [6.07, 6.45) is 2.60. The monoisotopic (exact) mass is 156 g/mol. The first-order chi connectivity index (χ1) is 5.24. The summed E-state index contributed by atoms with van der Waals surface area (Å²) in [5.41, 5.74) is 0. The highest BCUT2D eigenvalue weighted by molar-refractivity contribution is 4.74. The van der Waals surface area contributed by atoms with Crippen molar-refractivity contribution in [3.8, 4) is 0 Å². The number of likely N-dealkylation sites (N-methyl/N-ethyl adjacent to an activating group) is 2. The molecule has 0 saturated carbocycles. The van der Waals surface area contributed by atoms with Crippen molar-refractivity contribution in [2.24, 2.45) is 0 Å². The molecule has 0 aliphatic carbocycles. The van der Waals surface area contributed by atoms with Crippen LogP contribution in [0.15, 0.2) is 0 Å². The third-order valence-corrected chi connectivity index (χ3v) is 2.67. The van der Waals surface area contributed by atoms with E-state index in [9.17, 15) is 0 Å². The topological polar surface area (TPSA) is 6.48 Å². The predicted molar refractivity (Wildman–Crippen MR) is 48.8 cm³/mol. The average molecular weight is 156 g/mol. The summed E-state index contributed by atoms with van der Waals surface area (Å²) >= 11 is 0. The minimum absolute atomic E-state index is 0.780. The predicted octanol–water partition coefficient (Wildman–Crippen LogP) is 1.03. The fourth-order valence-corrected chi connectivity index (χ4v) is 1.80. The largest absolute Gasteiger partial charge is 0.305 e. The van der Waals surface area contributed by atoms with Gasteiger partial charge in [0.1, 0.15) is 0 Å². The van der Waals surface area contributed by atoms with Crippen molar-refractivity contribution in [2.75, 3.05) is 33.7 Å². The lowest BCUT2D eigenvalue weighted by Gasteiger charge is -2.25. The summed E-state index contributed by atoms with van der Waals surface area (Å²) in [6.45, 7) is 6.05. The molecule has 0 unspecified atom stereocenters. The zero-order valence-electron chi connectivity index (χ0n) is 8.01. The van der Waals surface area contributed by atoms with E-state index in [1.54, 1.807) is 0 Å². The molecular weight excluding hydrogens is 136 g/mol. The van der Waals surface area contributed by atoms with Crippen molar-refractivity contribution in [1.82, 2.24) is 9.80 Å². The second-order valence-electron chi connectivity index (χ2n) is 3.66. The highest BCUT2D eigenvalue weighted by Gasteiger charge is 2.17. The molecule has 2 nitrogen and oxygen atoms in total. The van der Waals surface area contributed by atoms with Crippen LogP contribution in [0.5, 0.6) is 0 Å². The summed E-state index contributed by atoms with van der Waals surface area (Å²) in [5, 5.41) is 0. The highest BCUT2D eigenvalue weighted by atomic mass is 15.2. The molecule has 66 valence electrons. The van der Waals surface area contributed by atoms with Crippen LogP contribution in [0.25, 0.3) is 0 Å². The lowest BCUT2D eigenvalue weighted by molar-refractivity contribution is 0.220. The standard InChI is InChI=1S/C9H20N2/c1-4-9-8-10(2)6-5-7-11(9)3/h9H,4-8H2,1-3H3/t9-/m0/s1. The SMILES string of the molecule is CC[C@H]1CN(C)CCCN1C. The summed E-state index contributed by atoms with van der Waals surface area (Å²) in [6, 6.07) is 0.780. The maximum absolute atomic E-state index is 2.49. The van der Waals surface area contributed by atoms with Crippen LogP contribution >= 0.6 is 0 Å². The lowest BCUT2D eigenvalue weighted by atomic mass is 10.2. The van der Waals surface area contributed by atoms with Gasteiger partial charge in [0.05, 0.1) is 0 Å². The van der Waals surface area contributed by atoms with Gasteiger partial charge in [-0.1, -0.05) is 6.92 Å². The van der Waals surface area contributed by atoms with Crippen molar-refractivity contribution >= 4 is 0 Å². The fourth-order valence-electron chi connectivity index (χ4n) is 1.80. The van der Waals surface area contributed by atoms with Crippen molar-refractivity contribution < 1.29 is 0 Å². The van der Waals surface area contributed by atoms with Gasteiger partial charge >= 0.3 is 0 Å². The Hall–Kier alpha value is -0.0800. The van der Waals surface area contributed by atoms with E-state index >= 15 is 0 Å². The minimum atomic E-state index is 0.780. The molecule has 2 heteroatoms. The molecule has 0 aromatic heterocycles. The van der Waals surface area contributed by atoms with Crippen LogP contribution in [0, 0.1) is 0 Å². The number of hydrogen-bond donors (Lipinski definition) is 0. The number of nitrogens with zero attached hydrogens (tertiary/aromatic N) is 2. The van der Waals surface area contributed by atoms with E-state index < -0.39 is 0 Å². The van der Waals surface area contributed by atoms with Crippen LogP contribution in [-0.4, -0.2) is 49.6 Å². The number of rotatable bonds is 1. The molecule has 1 atom stereocenters. The van der Waals surface area contributed by atoms with Gasteiger partial charge in [-0.2, -0.15) is 0 Å². The summed E-state index contributed by atoms with van der Waals surface area (Å²) < 4.78 is 0. The molecule has 0 bridgehead atoms. The van der Waals surface area contributed by atoms with Crippen LogP contribution in [0.4, 0.5) is 0 Å². The fraction of sp³-hybridized carbons (Fsp3) is 1.00. The van der Waals surface area contributed by atoms with Gasteiger partial charge in [-0.25, -0.2) is 0 Å². The van der Waals surface area contributed by atoms with Gasteiger partial charge < -0.3 is 9.80 Å². The molecule has 1 aliphatic heterocycles. The van der Waals surface area contributed by atoms with E-state index in [0.717, 1.165) is 6.04 Å². The summed E-state index contributed by atoms with van der Waals surface area (Å²) in [4.78, 5) is 4.93. The maximum Gasteiger partial charge on any atom is 0.0217 e. The second kappa shape index (κ2) is 4.07. The molecule has 11 heavy (non-hydrogen) atoms. The summed E-state index contributed by atoms with van der Waals surface area (Å²) in [7, 11) is 4.47. The van der Waals surface area contributed by atoms with Crippen LogP contribution in [0.2, 0.25) is 0 Å². The Morgan fingerprint density at radius 2 is 2.00 bits per heavy atom. The van der Waals surface area contributed by atoms with Gasteiger partial charge in [-0.15, -0.1) is 0 Å². The molecule has 0 amide bonds. The third-order valence-electron chi connectivity index (χ3n) is 2.67. The minimum Gasteiger partial charge on any atom is -0.305 e. The Labute approximate surface area is 70.2 Å². The third kappa shape index (κ3) is 2.46. The average Bonchev–Trinajstić information content (AvgIpc) is 2.13. The molecule has 0 aromatic rings. The normalized spacial score (nSPS) is 30.3. The molecule has 0 N–H and O–H groups in total. The van der Waals surface area contributed by atoms with Gasteiger partial charge in [-0.05, 0) is 40.0 Å². The number of hydrogen-bond acceptors (Lipinski definition) is 2. The molecule has 1 rings (SSSR count). The second-order valence-corrected chi connectivity index (χ2v) is 3.66. The molecule has 1 saturated heterocycles. The first-order valence-electron chi connectivity index (χ1n) is 4.62. The van der Waals surface area contributed by atoms with Gasteiger partial charge in [0.15, 0.2) is 0 Å². The van der Waals surface area contributed by atoms with Gasteiger partial charge in [0.25, 0.3) is 0 Å². The van der Waals surface area contributed by atoms with Crippen LogP contribution in [-0.2, 0) is 0 Å². The van der Waals surface area contributed by atoms with Gasteiger partial charge in [0, 0.05) is 12.6 Å². The van der Waals surface area contributed by atoms with Gasteiger partial charge in [0.2, 0.25) is 0 Å². The Balaban J connectivity index is 2.45. The van der Waals surface area contributed by atoms with Gasteiger partial charge in [-0.3, -0.25) is 0 Å². The van der Waals surface area contributed by atoms with Crippen molar-refractivity contribution in [3.05, 3.63) is 0 Å². The van der Waals surface area contributed by atoms with E-state index in [2.05, 4.69) is 30.8 Å². The highest BCUT2D eigenvalue weighted by Crippen LogP contribution is 2.08. The molecule has 0 spiro atoms. The molecule has 1 heterocycles. The summed E-state index contributed by atoms with van der Waals surface area (Å²) in [5.74, 6) is 0. The molecule has 0 radical (unpaired) electrons. The molecule has 1 fully saturated rings. The van der Waals surface area contributed by atoms with Crippen molar-refractivity contribution in [3.63, 3.8) is 0 Å².